The molecular formula is C9H19N3. The molecule has 0 radical (unpaired) electrons. The molecule has 3 heteroatoms. The summed E-state index contributed by atoms with van der Waals surface area (Å²) in [4.78, 5) is 0. The molecule has 0 aromatic carbocycles. The van der Waals surface area contributed by atoms with Crippen LogP contribution in [0.15, 0.2) is 11.8 Å². The Morgan fingerprint density at radius 3 is 2.25 bits per heavy atom. The Kier molecular flexibility index (Phi) is 5.37. The Morgan fingerprint density at radius 1 is 1.50 bits per heavy atom. The highest BCUT2D eigenvalue weighted by atomic mass is 15.0. The van der Waals surface area contributed by atoms with Crippen LogP contribution >= 0.6 is 0 Å². The van der Waals surface area contributed by atoms with Crippen molar-refractivity contribution < 1.29 is 0 Å². The minimum Gasteiger partial charge on any atom is -0.402 e. The van der Waals surface area contributed by atoms with Crippen LogP contribution in [0.3, 0.4) is 0 Å². The molecule has 1 aliphatic rings. The quantitative estimate of drug-likeness (QED) is 0.542. The number of hydrogen-bond acceptors (Lipinski definition) is 3. The van der Waals surface area contributed by atoms with E-state index in [1.54, 1.807) is 13.0 Å². The zero-order valence-corrected chi connectivity index (χ0v) is 8.15. The molecule has 1 fully saturated rings. The average Bonchev–Trinajstić information content (AvgIpc) is 1.85. The molecule has 0 unspecified atom stereocenters. The Balaban J connectivity index is 0.000000561. The molecule has 0 amide bonds. The molecule has 1 heterocycles. The van der Waals surface area contributed by atoms with Crippen LogP contribution in [0.5, 0.6) is 0 Å². The van der Waals surface area contributed by atoms with Crippen LogP contribution in [0.4, 0.5) is 0 Å². The summed E-state index contributed by atoms with van der Waals surface area (Å²) in [5.74, 6) is 0.401. The molecule has 0 bridgehead atoms. The van der Waals surface area contributed by atoms with E-state index in [2.05, 4.69) is 5.32 Å². The first-order chi connectivity index (χ1) is 5.70. The molecule has 1 saturated heterocycles. The second-order valence-corrected chi connectivity index (χ2v) is 2.70. The van der Waals surface area contributed by atoms with E-state index in [-0.39, 0.29) is 0 Å². The maximum atomic E-state index is 7.48. The zero-order valence-electron chi connectivity index (χ0n) is 8.15. The van der Waals surface area contributed by atoms with E-state index in [9.17, 15) is 0 Å². The molecule has 12 heavy (non-hydrogen) atoms. The minimum atomic E-state index is 0.401. The molecule has 0 atom stereocenters. The topological polar surface area (TPSA) is 61.9 Å². The normalized spacial score (nSPS) is 17.4. The fraction of sp³-hybridized carbons (Fsp3) is 0.667. The first-order valence-electron chi connectivity index (χ1n) is 4.43. The Hall–Kier alpha value is -0.830. The van der Waals surface area contributed by atoms with E-state index in [1.807, 2.05) is 13.8 Å². The van der Waals surface area contributed by atoms with Gasteiger partial charge in [-0.05, 0) is 13.0 Å². The highest BCUT2D eigenvalue weighted by molar-refractivity contribution is 5.95. The van der Waals surface area contributed by atoms with Gasteiger partial charge in [0.25, 0.3) is 0 Å². The summed E-state index contributed by atoms with van der Waals surface area (Å²) >= 11 is 0. The monoisotopic (exact) mass is 169 g/mol. The highest BCUT2D eigenvalue weighted by Crippen LogP contribution is 2.05. The Bertz CT molecular complexity index is 165. The summed E-state index contributed by atoms with van der Waals surface area (Å²) in [6.45, 7) is 7.67. The van der Waals surface area contributed by atoms with Gasteiger partial charge in [0.1, 0.15) is 0 Å². The standard InChI is InChI=1S/C7H13N3.C2H6/c1-5(8)2-7(9)6-3-10-4-6;1-2/h2,6,9-10H,3-4,8H2,1H3;1-2H3/b5-2-,9-7?;. The maximum Gasteiger partial charge on any atom is 0.0387 e. The smallest absolute Gasteiger partial charge is 0.0387 e. The third kappa shape index (κ3) is 3.53. The van der Waals surface area contributed by atoms with E-state index in [4.69, 9.17) is 11.1 Å². The fourth-order valence-corrected chi connectivity index (χ4v) is 0.872. The summed E-state index contributed by atoms with van der Waals surface area (Å²) in [5.41, 5.74) is 6.78. The van der Waals surface area contributed by atoms with Gasteiger partial charge in [-0.25, -0.2) is 0 Å². The van der Waals surface area contributed by atoms with Crippen LogP contribution in [0.25, 0.3) is 0 Å². The second-order valence-electron chi connectivity index (χ2n) is 2.70. The van der Waals surface area contributed by atoms with Crippen molar-refractivity contribution in [3.8, 4) is 0 Å². The van der Waals surface area contributed by atoms with Crippen molar-refractivity contribution in [2.45, 2.75) is 20.8 Å². The van der Waals surface area contributed by atoms with Gasteiger partial charge < -0.3 is 16.5 Å². The third-order valence-electron chi connectivity index (χ3n) is 1.60. The molecule has 0 spiro atoms. The summed E-state index contributed by atoms with van der Waals surface area (Å²) < 4.78 is 0. The van der Waals surface area contributed by atoms with Gasteiger partial charge in [0.05, 0.1) is 0 Å². The molecule has 0 aromatic heterocycles. The van der Waals surface area contributed by atoms with Crippen molar-refractivity contribution in [2.75, 3.05) is 13.1 Å². The maximum absolute atomic E-state index is 7.48. The largest absolute Gasteiger partial charge is 0.402 e. The van der Waals surface area contributed by atoms with Crippen LogP contribution in [0, 0.1) is 11.3 Å². The van der Waals surface area contributed by atoms with Crippen molar-refractivity contribution in [1.82, 2.24) is 5.32 Å². The first kappa shape index (κ1) is 11.2. The van der Waals surface area contributed by atoms with Crippen LogP contribution in [-0.4, -0.2) is 18.8 Å². The molecule has 1 rings (SSSR count). The van der Waals surface area contributed by atoms with Gasteiger partial charge >= 0.3 is 0 Å². The molecular weight excluding hydrogens is 150 g/mol. The fourth-order valence-electron chi connectivity index (χ4n) is 0.872. The predicted molar refractivity (Wildman–Crippen MR) is 53.4 cm³/mol. The van der Waals surface area contributed by atoms with E-state index in [0.29, 0.717) is 11.6 Å². The van der Waals surface area contributed by atoms with Crippen molar-refractivity contribution >= 4 is 5.71 Å². The van der Waals surface area contributed by atoms with Crippen molar-refractivity contribution in [3.05, 3.63) is 11.8 Å². The van der Waals surface area contributed by atoms with Crippen LogP contribution in [0.1, 0.15) is 20.8 Å². The molecule has 0 saturated carbocycles. The van der Waals surface area contributed by atoms with Gasteiger partial charge in [0, 0.05) is 30.4 Å². The molecule has 4 N–H and O–H groups in total. The summed E-state index contributed by atoms with van der Waals surface area (Å²) in [7, 11) is 0. The van der Waals surface area contributed by atoms with Crippen molar-refractivity contribution in [2.24, 2.45) is 11.7 Å². The SMILES string of the molecule is C/C(N)=C/C(=N)C1CNC1.CC. The number of hydrogen-bond donors (Lipinski definition) is 3. The van der Waals surface area contributed by atoms with E-state index < -0.39 is 0 Å². The lowest BCUT2D eigenvalue weighted by atomic mass is 9.97. The average molecular weight is 169 g/mol. The summed E-state index contributed by atoms with van der Waals surface area (Å²) in [6.07, 6.45) is 1.73. The lowest BCUT2D eigenvalue weighted by Crippen LogP contribution is -2.45. The lowest BCUT2D eigenvalue weighted by molar-refractivity contribution is 0.443. The summed E-state index contributed by atoms with van der Waals surface area (Å²) in [5, 5.41) is 10.6. The van der Waals surface area contributed by atoms with Crippen LogP contribution in [-0.2, 0) is 0 Å². The van der Waals surface area contributed by atoms with Gasteiger partial charge in [0.2, 0.25) is 0 Å². The van der Waals surface area contributed by atoms with Crippen molar-refractivity contribution in [1.29, 1.82) is 5.41 Å². The van der Waals surface area contributed by atoms with Gasteiger partial charge in [-0.1, -0.05) is 13.8 Å². The van der Waals surface area contributed by atoms with Crippen LogP contribution in [0.2, 0.25) is 0 Å². The van der Waals surface area contributed by atoms with Gasteiger partial charge in [-0.15, -0.1) is 0 Å². The van der Waals surface area contributed by atoms with E-state index in [0.717, 1.165) is 18.8 Å². The highest BCUT2D eigenvalue weighted by Gasteiger charge is 2.19. The van der Waals surface area contributed by atoms with Crippen LogP contribution < -0.4 is 11.1 Å². The number of allylic oxidation sites excluding steroid dienone is 2. The third-order valence-corrected chi connectivity index (χ3v) is 1.60. The first-order valence-corrected chi connectivity index (χ1v) is 4.43. The predicted octanol–water partition coefficient (Wildman–Crippen LogP) is 1.11. The number of nitrogens with one attached hydrogen (secondary N) is 2. The van der Waals surface area contributed by atoms with Gasteiger partial charge in [-0.2, -0.15) is 0 Å². The van der Waals surface area contributed by atoms with E-state index in [1.165, 1.54) is 0 Å². The molecule has 1 aliphatic heterocycles. The van der Waals surface area contributed by atoms with Crippen molar-refractivity contribution in [3.63, 3.8) is 0 Å². The molecule has 3 nitrogen and oxygen atoms in total. The number of rotatable bonds is 2. The summed E-state index contributed by atoms with van der Waals surface area (Å²) in [6, 6.07) is 0. The Labute approximate surface area is 74.5 Å². The van der Waals surface area contributed by atoms with Gasteiger partial charge in [-0.3, -0.25) is 0 Å². The molecule has 70 valence electrons. The van der Waals surface area contributed by atoms with Gasteiger partial charge in [0.15, 0.2) is 0 Å². The molecule has 0 aliphatic carbocycles. The second kappa shape index (κ2) is 5.77. The van der Waals surface area contributed by atoms with E-state index >= 15 is 0 Å². The molecule has 0 aromatic rings. The Morgan fingerprint density at radius 2 is 2.00 bits per heavy atom. The minimum absolute atomic E-state index is 0.401. The lowest BCUT2D eigenvalue weighted by Gasteiger charge is -2.26. The zero-order chi connectivity index (χ0) is 9.56. The number of nitrogens with two attached hydrogens (primary N) is 1.